The Morgan fingerprint density at radius 3 is 2.23 bits per heavy atom. The van der Waals surface area contributed by atoms with Crippen LogP contribution in [0.15, 0.2) is 78.9 Å². The summed E-state index contributed by atoms with van der Waals surface area (Å²) < 4.78 is 11.0. The number of hydrogen-bond donors (Lipinski definition) is 1. The number of nitrogens with zero attached hydrogens (tertiary/aromatic N) is 1. The molecule has 1 amide bonds. The molecule has 0 fully saturated rings. The van der Waals surface area contributed by atoms with Crippen LogP contribution in [-0.2, 0) is 0 Å². The van der Waals surface area contributed by atoms with Crippen molar-refractivity contribution >= 4 is 22.9 Å². The zero-order valence-corrected chi connectivity index (χ0v) is 17.4. The first-order valence-electron chi connectivity index (χ1n) is 9.35. The van der Waals surface area contributed by atoms with Crippen LogP contribution in [-0.4, -0.2) is 25.1 Å². The highest BCUT2D eigenvalue weighted by atomic mass is 32.1. The van der Waals surface area contributed by atoms with E-state index in [0.717, 1.165) is 16.8 Å². The third-order valence-electron chi connectivity index (χ3n) is 4.55. The first kappa shape index (κ1) is 19.7. The van der Waals surface area contributed by atoms with Gasteiger partial charge in [0.05, 0.1) is 25.5 Å². The zero-order chi connectivity index (χ0) is 20.9. The molecule has 30 heavy (non-hydrogen) atoms. The number of anilines is 1. The van der Waals surface area contributed by atoms with E-state index >= 15 is 0 Å². The third-order valence-corrected chi connectivity index (χ3v) is 5.63. The van der Waals surface area contributed by atoms with Crippen LogP contribution in [0.2, 0.25) is 0 Å². The van der Waals surface area contributed by atoms with E-state index in [1.165, 1.54) is 11.3 Å². The molecule has 150 valence electrons. The Hall–Kier alpha value is -3.64. The number of benzene rings is 3. The number of carbonyl (C=O) groups is 1. The summed E-state index contributed by atoms with van der Waals surface area (Å²) in [7, 11) is 3.19. The number of nitrogens with one attached hydrogen (secondary N) is 1. The number of amides is 1. The lowest BCUT2D eigenvalue weighted by atomic mass is 10.1. The molecule has 1 aromatic heterocycles. The predicted octanol–water partition coefficient (Wildman–Crippen LogP) is 5.75. The van der Waals surface area contributed by atoms with Crippen LogP contribution >= 0.6 is 11.3 Å². The summed E-state index contributed by atoms with van der Waals surface area (Å²) in [5.41, 5.74) is 3.02. The Kier molecular flexibility index (Phi) is 5.77. The Balaban J connectivity index is 1.82. The second-order valence-electron chi connectivity index (χ2n) is 6.42. The fourth-order valence-corrected chi connectivity index (χ4v) is 4.15. The van der Waals surface area contributed by atoms with E-state index < -0.39 is 0 Å². The summed E-state index contributed by atoms with van der Waals surface area (Å²) in [5.74, 6) is 0.996. The summed E-state index contributed by atoms with van der Waals surface area (Å²) in [4.78, 5) is 18.5. The molecule has 3 aromatic carbocycles. The number of aromatic nitrogens is 1. The van der Waals surface area contributed by atoms with Crippen molar-refractivity contribution in [1.82, 2.24) is 4.98 Å². The van der Waals surface area contributed by atoms with Crippen LogP contribution in [0.25, 0.3) is 21.8 Å². The average Bonchev–Trinajstić information content (AvgIpc) is 3.25. The van der Waals surface area contributed by atoms with Gasteiger partial charge in [-0.05, 0) is 24.3 Å². The predicted molar refractivity (Wildman–Crippen MR) is 120 cm³/mol. The average molecular weight is 417 g/mol. The van der Waals surface area contributed by atoms with Gasteiger partial charge in [0, 0.05) is 11.3 Å². The minimum Gasteiger partial charge on any atom is -0.493 e. The van der Waals surface area contributed by atoms with Crippen molar-refractivity contribution in [3.8, 4) is 33.3 Å². The van der Waals surface area contributed by atoms with Crippen LogP contribution < -0.4 is 14.8 Å². The standard InChI is InChI=1S/C24H20N2O3S/c1-28-19-15-9-14-18(21(19)29-2)24-26-20(16-10-5-3-6-11-16)22(30-24)23(27)25-17-12-7-4-8-13-17/h3-15H,1-2H3,(H,25,27). The van der Waals surface area contributed by atoms with E-state index in [9.17, 15) is 4.79 Å². The molecule has 4 rings (SSSR count). The van der Waals surface area contributed by atoms with Crippen molar-refractivity contribution in [3.63, 3.8) is 0 Å². The van der Waals surface area contributed by atoms with E-state index in [4.69, 9.17) is 14.5 Å². The van der Waals surface area contributed by atoms with Crippen molar-refractivity contribution in [2.45, 2.75) is 0 Å². The molecule has 0 unspecified atom stereocenters. The summed E-state index contributed by atoms with van der Waals surface area (Å²) in [6.07, 6.45) is 0. The molecule has 0 atom stereocenters. The van der Waals surface area contributed by atoms with Gasteiger partial charge in [0.25, 0.3) is 5.91 Å². The molecule has 0 radical (unpaired) electrons. The maximum atomic E-state index is 13.1. The van der Waals surface area contributed by atoms with Crippen LogP contribution in [0.5, 0.6) is 11.5 Å². The fraction of sp³-hybridized carbons (Fsp3) is 0.0833. The van der Waals surface area contributed by atoms with Crippen LogP contribution in [0, 0.1) is 0 Å². The molecule has 6 heteroatoms. The topological polar surface area (TPSA) is 60.5 Å². The lowest BCUT2D eigenvalue weighted by molar-refractivity contribution is 0.103. The first-order chi connectivity index (χ1) is 14.7. The number of thiazole rings is 1. The molecule has 0 aliphatic heterocycles. The van der Waals surface area contributed by atoms with Crippen LogP contribution in [0.4, 0.5) is 5.69 Å². The van der Waals surface area contributed by atoms with Crippen LogP contribution in [0.1, 0.15) is 9.67 Å². The van der Waals surface area contributed by atoms with Crippen molar-refractivity contribution in [3.05, 3.63) is 83.7 Å². The molecule has 4 aromatic rings. The molecule has 0 aliphatic carbocycles. The van der Waals surface area contributed by atoms with Gasteiger partial charge in [-0.3, -0.25) is 4.79 Å². The molecule has 1 heterocycles. The maximum Gasteiger partial charge on any atom is 0.268 e. The third kappa shape index (κ3) is 3.90. The number of carbonyl (C=O) groups excluding carboxylic acids is 1. The van der Waals surface area contributed by atoms with E-state index in [1.807, 2.05) is 78.9 Å². The Morgan fingerprint density at radius 2 is 1.57 bits per heavy atom. The second kappa shape index (κ2) is 8.80. The highest BCUT2D eigenvalue weighted by Crippen LogP contribution is 2.42. The lowest BCUT2D eigenvalue weighted by Crippen LogP contribution is -2.11. The van der Waals surface area contributed by atoms with E-state index in [-0.39, 0.29) is 5.91 Å². The van der Waals surface area contributed by atoms with Gasteiger partial charge < -0.3 is 14.8 Å². The SMILES string of the molecule is COc1cccc(-c2nc(-c3ccccc3)c(C(=O)Nc3ccccc3)s2)c1OC. The normalized spacial score (nSPS) is 10.5. The Bertz CT molecular complexity index is 1160. The maximum absolute atomic E-state index is 13.1. The molecule has 0 spiro atoms. The number of hydrogen-bond acceptors (Lipinski definition) is 5. The summed E-state index contributed by atoms with van der Waals surface area (Å²) >= 11 is 1.32. The number of rotatable bonds is 6. The minimum atomic E-state index is -0.203. The van der Waals surface area contributed by atoms with Gasteiger partial charge in [0.15, 0.2) is 11.5 Å². The van der Waals surface area contributed by atoms with Gasteiger partial charge in [-0.2, -0.15) is 0 Å². The van der Waals surface area contributed by atoms with Crippen molar-refractivity contribution in [1.29, 1.82) is 0 Å². The molecule has 0 aliphatic rings. The molecular weight excluding hydrogens is 396 g/mol. The highest BCUT2D eigenvalue weighted by molar-refractivity contribution is 7.17. The summed E-state index contributed by atoms with van der Waals surface area (Å²) in [6, 6.07) is 24.7. The van der Waals surface area contributed by atoms with Gasteiger partial charge in [-0.15, -0.1) is 11.3 Å². The summed E-state index contributed by atoms with van der Waals surface area (Å²) in [6.45, 7) is 0. The Labute approximate surface area is 178 Å². The number of para-hydroxylation sites is 2. The fourth-order valence-electron chi connectivity index (χ4n) is 3.15. The van der Waals surface area contributed by atoms with Crippen molar-refractivity contribution < 1.29 is 14.3 Å². The zero-order valence-electron chi connectivity index (χ0n) is 16.6. The van der Waals surface area contributed by atoms with Gasteiger partial charge >= 0.3 is 0 Å². The first-order valence-corrected chi connectivity index (χ1v) is 10.2. The molecule has 5 nitrogen and oxygen atoms in total. The largest absolute Gasteiger partial charge is 0.493 e. The molecular formula is C24H20N2O3S. The van der Waals surface area contributed by atoms with Gasteiger partial charge in [0.2, 0.25) is 0 Å². The van der Waals surface area contributed by atoms with Gasteiger partial charge in [-0.25, -0.2) is 4.98 Å². The summed E-state index contributed by atoms with van der Waals surface area (Å²) in [5, 5.41) is 3.64. The van der Waals surface area contributed by atoms with Crippen molar-refractivity contribution in [2.24, 2.45) is 0 Å². The van der Waals surface area contributed by atoms with E-state index in [0.29, 0.717) is 27.1 Å². The Morgan fingerprint density at radius 1 is 0.867 bits per heavy atom. The van der Waals surface area contributed by atoms with Gasteiger partial charge in [-0.1, -0.05) is 54.6 Å². The lowest BCUT2D eigenvalue weighted by Gasteiger charge is -2.10. The molecule has 1 N–H and O–H groups in total. The number of methoxy groups -OCH3 is 2. The molecule has 0 bridgehead atoms. The minimum absolute atomic E-state index is 0.203. The second-order valence-corrected chi connectivity index (χ2v) is 7.42. The highest BCUT2D eigenvalue weighted by Gasteiger charge is 2.23. The smallest absolute Gasteiger partial charge is 0.268 e. The monoisotopic (exact) mass is 416 g/mol. The van der Waals surface area contributed by atoms with Crippen LogP contribution in [0.3, 0.4) is 0 Å². The molecule has 0 saturated heterocycles. The molecule has 0 saturated carbocycles. The van der Waals surface area contributed by atoms with E-state index in [1.54, 1.807) is 14.2 Å². The van der Waals surface area contributed by atoms with E-state index in [2.05, 4.69) is 5.32 Å². The quantitative estimate of drug-likeness (QED) is 0.435. The number of ether oxygens (including phenoxy) is 2. The van der Waals surface area contributed by atoms with Crippen molar-refractivity contribution in [2.75, 3.05) is 19.5 Å². The van der Waals surface area contributed by atoms with Gasteiger partial charge in [0.1, 0.15) is 9.88 Å².